The van der Waals surface area contributed by atoms with E-state index >= 15 is 0 Å². The van der Waals surface area contributed by atoms with Crippen LogP contribution in [0.1, 0.15) is 180 Å². The van der Waals surface area contributed by atoms with Crippen LogP contribution in [-0.4, -0.2) is 22.6 Å². The molecule has 7 heteroatoms. The SMILES string of the molecule is S=P([S-])(C1CCCCCCC1)C1CCCCCCC1.S=P([S-])(C1CCCCCCC1)C1CCCCCCC1.[Zn+2]. The fourth-order valence-corrected chi connectivity index (χ4v) is 18.4. The van der Waals surface area contributed by atoms with Crippen molar-refractivity contribution in [3.05, 3.63) is 0 Å². The molecule has 39 heavy (non-hydrogen) atoms. The van der Waals surface area contributed by atoms with E-state index in [-0.39, 0.29) is 19.5 Å². The minimum absolute atomic E-state index is 0. The maximum Gasteiger partial charge on any atom is 2.00 e. The first-order chi connectivity index (χ1) is 18.4. The summed E-state index contributed by atoms with van der Waals surface area (Å²) in [5.74, 6) is 0. The normalized spacial score (nSPS) is 25.5. The molecule has 0 saturated heterocycles. The van der Waals surface area contributed by atoms with E-state index < -0.39 is 10.5 Å². The maximum atomic E-state index is 6.12. The first-order valence-corrected chi connectivity index (χ1v) is 24.9. The Bertz CT molecular complexity index is 589. The second kappa shape index (κ2) is 21.4. The van der Waals surface area contributed by atoms with Gasteiger partial charge in [-0.15, -0.1) is 23.6 Å². The summed E-state index contributed by atoms with van der Waals surface area (Å²) in [6.45, 7) is 0. The van der Waals surface area contributed by atoms with E-state index in [1.807, 2.05) is 0 Å². The van der Waals surface area contributed by atoms with Crippen LogP contribution >= 0.6 is 10.5 Å². The summed E-state index contributed by atoms with van der Waals surface area (Å²) in [4.78, 5) is 0. The van der Waals surface area contributed by atoms with Crippen LogP contribution in [0.15, 0.2) is 0 Å². The number of hydrogen-bond acceptors (Lipinski definition) is 4. The molecule has 0 atom stereocenters. The number of rotatable bonds is 4. The third kappa shape index (κ3) is 13.7. The average molecular weight is 700 g/mol. The van der Waals surface area contributed by atoms with Crippen LogP contribution in [0.3, 0.4) is 0 Å². The van der Waals surface area contributed by atoms with Crippen LogP contribution in [0.25, 0.3) is 0 Å². The molecule has 0 nitrogen and oxygen atoms in total. The van der Waals surface area contributed by atoms with Gasteiger partial charge in [0.25, 0.3) is 0 Å². The molecule has 4 fully saturated rings. The van der Waals surface area contributed by atoms with E-state index in [1.165, 1.54) is 180 Å². The Morgan fingerprint density at radius 1 is 0.308 bits per heavy atom. The molecule has 4 aliphatic carbocycles. The Morgan fingerprint density at radius 2 is 0.436 bits per heavy atom. The molecule has 4 saturated carbocycles. The van der Waals surface area contributed by atoms with E-state index in [2.05, 4.69) is 0 Å². The van der Waals surface area contributed by atoms with Crippen molar-refractivity contribution in [2.75, 3.05) is 0 Å². The molecule has 0 aromatic carbocycles. The largest absolute Gasteiger partial charge is 2.00 e. The Morgan fingerprint density at radius 3 is 0.590 bits per heavy atom. The summed E-state index contributed by atoms with van der Waals surface area (Å²) in [7, 11) is 0. The summed E-state index contributed by atoms with van der Waals surface area (Å²) in [5, 5.41) is -3.04. The van der Waals surface area contributed by atoms with Gasteiger partial charge < -0.3 is 24.5 Å². The van der Waals surface area contributed by atoms with Crippen molar-refractivity contribution in [1.29, 1.82) is 0 Å². The van der Waals surface area contributed by atoms with Gasteiger partial charge >= 0.3 is 19.5 Å². The maximum absolute atomic E-state index is 6.12. The monoisotopic (exact) mass is 698 g/mol. The van der Waals surface area contributed by atoms with Gasteiger partial charge in [0.1, 0.15) is 0 Å². The van der Waals surface area contributed by atoms with Crippen molar-refractivity contribution >= 4 is 58.6 Å². The Labute approximate surface area is 278 Å². The molecule has 0 radical (unpaired) electrons. The zero-order chi connectivity index (χ0) is 27.1. The van der Waals surface area contributed by atoms with Crippen LogP contribution in [0.5, 0.6) is 0 Å². The van der Waals surface area contributed by atoms with Gasteiger partial charge in [0, 0.05) is 0 Å². The molecule has 4 rings (SSSR count). The first-order valence-electron chi connectivity index (χ1n) is 17.0. The van der Waals surface area contributed by atoms with Gasteiger partial charge in [0.2, 0.25) is 0 Å². The molecule has 0 aromatic rings. The van der Waals surface area contributed by atoms with Gasteiger partial charge in [-0.1, -0.05) is 128 Å². The Balaban J connectivity index is 0.000000267. The van der Waals surface area contributed by atoms with Crippen molar-refractivity contribution in [3.8, 4) is 0 Å². The van der Waals surface area contributed by atoms with Gasteiger partial charge in [0.15, 0.2) is 0 Å². The van der Waals surface area contributed by atoms with E-state index in [0.29, 0.717) is 0 Å². The molecular weight excluding hydrogens is 640 g/mol. The Hall–Kier alpha value is 2.62. The van der Waals surface area contributed by atoms with Crippen molar-refractivity contribution in [3.63, 3.8) is 0 Å². The molecular formula is C32H60P2S4Zn. The van der Waals surface area contributed by atoms with Crippen LogP contribution in [0, 0.1) is 0 Å². The zero-order valence-electron chi connectivity index (χ0n) is 25.3. The van der Waals surface area contributed by atoms with E-state index in [4.69, 9.17) is 48.1 Å². The molecule has 0 bridgehead atoms. The fraction of sp³-hybridized carbons (Fsp3) is 1.00. The van der Waals surface area contributed by atoms with Crippen LogP contribution < -0.4 is 0 Å². The average Bonchev–Trinajstić information content (AvgIpc) is 2.77. The van der Waals surface area contributed by atoms with Gasteiger partial charge in [-0.3, -0.25) is 0 Å². The Kier molecular flexibility index (Phi) is 20.7. The van der Waals surface area contributed by atoms with Crippen LogP contribution in [-0.2, 0) is 67.6 Å². The van der Waals surface area contributed by atoms with E-state index in [1.54, 1.807) is 0 Å². The van der Waals surface area contributed by atoms with E-state index in [9.17, 15) is 0 Å². The van der Waals surface area contributed by atoms with Crippen LogP contribution in [0.4, 0.5) is 0 Å². The zero-order valence-corrected chi connectivity index (χ0v) is 33.4. The fourth-order valence-electron chi connectivity index (χ4n) is 7.77. The molecule has 0 unspecified atom stereocenters. The third-order valence-electron chi connectivity index (χ3n) is 10.3. The van der Waals surface area contributed by atoms with Gasteiger partial charge in [-0.05, 0) is 74.0 Å². The van der Waals surface area contributed by atoms with Crippen molar-refractivity contribution in [1.82, 2.24) is 0 Å². The summed E-state index contributed by atoms with van der Waals surface area (Å²) < 4.78 is 0. The predicted octanol–water partition coefficient (Wildman–Crippen LogP) is 12.3. The van der Waals surface area contributed by atoms with Crippen molar-refractivity contribution < 1.29 is 19.5 Å². The predicted molar refractivity (Wildman–Crippen MR) is 188 cm³/mol. The standard InChI is InChI=1S/2C16H31PS2.Zn/c2*18-17(19,15-11-7-3-1-4-8-12-15)16-13-9-5-2-6-10-14-16;/h2*15-16H,1-14H2,(H,18,19);/q;;+2/p-2. The molecule has 0 aliphatic heterocycles. The molecule has 4 aliphatic rings. The topological polar surface area (TPSA) is 0 Å². The smallest absolute Gasteiger partial charge is 0.746 e. The van der Waals surface area contributed by atoms with Crippen molar-refractivity contribution in [2.45, 2.75) is 202 Å². The van der Waals surface area contributed by atoms with Crippen LogP contribution in [0.2, 0.25) is 0 Å². The first kappa shape index (κ1) is 37.8. The van der Waals surface area contributed by atoms with Gasteiger partial charge in [-0.25, -0.2) is 0 Å². The minimum Gasteiger partial charge on any atom is -0.746 e. The van der Waals surface area contributed by atoms with E-state index in [0.717, 1.165) is 22.6 Å². The minimum atomic E-state index is -1.52. The molecule has 0 heterocycles. The third-order valence-corrected chi connectivity index (χ3v) is 23.6. The summed E-state index contributed by atoms with van der Waals surface area (Å²) in [5.41, 5.74) is 3.01. The second-order valence-electron chi connectivity index (χ2n) is 13.3. The summed E-state index contributed by atoms with van der Waals surface area (Å²) in [6.07, 6.45) is 39.2. The van der Waals surface area contributed by atoms with Gasteiger partial charge in [-0.2, -0.15) is 10.5 Å². The molecule has 0 spiro atoms. The van der Waals surface area contributed by atoms with Gasteiger partial charge in [0.05, 0.1) is 0 Å². The molecule has 0 aromatic heterocycles. The van der Waals surface area contributed by atoms with Crippen molar-refractivity contribution in [2.24, 2.45) is 0 Å². The quantitative estimate of drug-likeness (QED) is 0.163. The second-order valence-corrected chi connectivity index (χ2v) is 27.4. The molecule has 0 amide bonds. The molecule has 0 N–H and O–H groups in total. The summed E-state index contributed by atoms with van der Waals surface area (Å²) in [6, 6.07) is 0. The number of hydrogen-bond donors (Lipinski definition) is 0. The molecule has 224 valence electrons. The summed E-state index contributed by atoms with van der Waals surface area (Å²) >= 11 is 24.5.